The van der Waals surface area contributed by atoms with Crippen LogP contribution in [0.25, 0.3) is 10.2 Å². The highest BCUT2D eigenvalue weighted by Crippen LogP contribution is 2.47. The maximum atomic E-state index is 14.7. The average molecular weight is 585 g/mol. The number of aromatic nitrogens is 1. The molecular weight excluding hydrogens is 556 g/mol. The molecule has 0 amide bonds. The van der Waals surface area contributed by atoms with Gasteiger partial charge in [-0.25, -0.2) is 9.37 Å². The molecule has 2 aromatic carbocycles. The van der Waals surface area contributed by atoms with Crippen LogP contribution in [0.1, 0.15) is 48.5 Å². The minimum atomic E-state index is -0.428. The molecule has 2 aliphatic carbocycles. The van der Waals surface area contributed by atoms with Gasteiger partial charge in [0.15, 0.2) is 16.7 Å². The average Bonchev–Trinajstić information content (AvgIpc) is 3.54. The van der Waals surface area contributed by atoms with Gasteiger partial charge >= 0.3 is 0 Å². The van der Waals surface area contributed by atoms with Crippen LogP contribution in [-0.4, -0.2) is 48.8 Å². The summed E-state index contributed by atoms with van der Waals surface area (Å²) in [6, 6.07) is 8.67. The van der Waals surface area contributed by atoms with Crippen molar-refractivity contribution in [3.05, 3.63) is 68.5 Å². The Kier molecular flexibility index (Phi) is 6.54. The van der Waals surface area contributed by atoms with Gasteiger partial charge in [0, 0.05) is 48.0 Å². The van der Waals surface area contributed by atoms with Crippen molar-refractivity contribution in [2.75, 3.05) is 31.1 Å². The molecule has 0 radical (unpaired) electrons. The molecule has 4 fully saturated rings. The summed E-state index contributed by atoms with van der Waals surface area (Å²) in [5.74, 6) is 0.900. The van der Waals surface area contributed by atoms with Crippen LogP contribution in [0.15, 0.2) is 46.5 Å². The molecule has 4 heterocycles. The van der Waals surface area contributed by atoms with Crippen molar-refractivity contribution in [2.45, 2.75) is 38.7 Å². The second-order valence-electron chi connectivity index (χ2n) is 11.1. The molecular formula is C30H28Cl2FN3O2S. The Morgan fingerprint density at radius 3 is 2.62 bits per heavy atom. The van der Waals surface area contributed by atoms with Crippen molar-refractivity contribution in [2.24, 2.45) is 22.7 Å². The van der Waals surface area contributed by atoms with Crippen molar-refractivity contribution in [1.29, 1.82) is 0 Å². The molecule has 2 saturated heterocycles. The van der Waals surface area contributed by atoms with Gasteiger partial charge in [0.05, 0.1) is 39.7 Å². The SMILES string of the molecule is CCC(=O)c1cc(F)c2nc(N3CC4CC(C3)C4OCC3=C(C4CC4)CN=C3c3c(Cl)cccc3Cl)sc2c1. The number of anilines is 1. The molecule has 39 heavy (non-hydrogen) atoms. The fourth-order valence-corrected chi connectivity index (χ4v) is 7.97. The second-order valence-corrected chi connectivity index (χ2v) is 12.9. The molecule has 2 unspecified atom stereocenters. The number of halogens is 3. The third kappa shape index (κ3) is 4.51. The van der Waals surface area contributed by atoms with E-state index in [-0.39, 0.29) is 11.9 Å². The molecule has 0 N–H and O–H groups in total. The lowest BCUT2D eigenvalue weighted by Crippen LogP contribution is -2.59. The molecule has 2 atom stereocenters. The monoisotopic (exact) mass is 583 g/mol. The number of aliphatic imine (C=N–C) groups is 1. The molecule has 3 aromatic rings. The Balaban J connectivity index is 1.06. The molecule has 2 saturated carbocycles. The Hall–Kier alpha value is -2.32. The van der Waals surface area contributed by atoms with Crippen molar-refractivity contribution in [3.63, 3.8) is 0 Å². The van der Waals surface area contributed by atoms with Crippen LogP contribution >= 0.6 is 34.5 Å². The minimum Gasteiger partial charge on any atom is -0.373 e. The zero-order chi connectivity index (χ0) is 26.8. The van der Waals surface area contributed by atoms with Crippen LogP contribution in [-0.2, 0) is 4.74 Å². The van der Waals surface area contributed by atoms with Crippen LogP contribution in [0.5, 0.6) is 0 Å². The first-order valence-corrected chi connectivity index (χ1v) is 15.2. The lowest BCUT2D eigenvalue weighted by atomic mass is 9.68. The van der Waals surface area contributed by atoms with E-state index in [9.17, 15) is 9.18 Å². The van der Waals surface area contributed by atoms with Crippen molar-refractivity contribution in [3.8, 4) is 0 Å². The second kappa shape index (κ2) is 9.95. The van der Waals surface area contributed by atoms with Gasteiger partial charge in [0.1, 0.15) is 5.52 Å². The van der Waals surface area contributed by atoms with Crippen molar-refractivity contribution in [1.82, 2.24) is 4.98 Å². The van der Waals surface area contributed by atoms with Gasteiger partial charge in [-0.2, -0.15) is 0 Å². The lowest BCUT2D eigenvalue weighted by Gasteiger charge is -2.53. The van der Waals surface area contributed by atoms with Crippen molar-refractivity contribution >= 4 is 61.4 Å². The van der Waals surface area contributed by atoms with E-state index < -0.39 is 5.82 Å². The van der Waals surface area contributed by atoms with Crippen LogP contribution < -0.4 is 4.90 Å². The number of ether oxygens (including phenoxy) is 1. The molecule has 5 nitrogen and oxygen atoms in total. The standard InChI is InChI=1S/C30H28Cl2FN3O2S/c1-2-24(37)16-9-23(33)28-25(10-16)39-30(35-28)36-12-17-8-18(13-36)29(17)38-14-20-19(15-6-7-15)11-34-27(20)26-21(31)4-3-5-22(26)32/h3-5,9-10,15,17-18,29H,2,6-8,11-14H2,1H3. The Bertz CT molecular complexity index is 1530. The van der Waals surface area contributed by atoms with Crippen LogP contribution in [0.4, 0.5) is 9.52 Å². The predicted molar refractivity (Wildman–Crippen MR) is 155 cm³/mol. The van der Waals surface area contributed by atoms with E-state index in [4.69, 9.17) is 32.9 Å². The molecule has 3 aliphatic heterocycles. The fraction of sp³-hybridized carbons (Fsp3) is 0.433. The van der Waals surface area contributed by atoms with Crippen LogP contribution in [0.2, 0.25) is 10.0 Å². The summed E-state index contributed by atoms with van der Waals surface area (Å²) < 4.78 is 22.1. The number of carbonyl (C=O) groups excluding carboxylic acids is 1. The molecule has 5 aliphatic rings. The van der Waals surface area contributed by atoms with E-state index in [0.29, 0.717) is 58.5 Å². The largest absolute Gasteiger partial charge is 0.373 e. The van der Waals surface area contributed by atoms with Crippen LogP contribution in [0.3, 0.4) is 0 Å². The summed E-state index contributed by atoms with van der Waals surface area (Å²) in [7, 11) is 0. The number of ketones is 1. The highest BCUT2D eigenvalue weighted by molar-refractivity contribution is 7.22. The number of hydrogen-bond acceptors (Lipinski definition) is 6. The summed E-state index contributed by atoms with van der Waals surface area (Å²) in [6.07, 6.45) is 4.07. The van der Waals surface area contributed by atoms with E-state index in [1.54, 1.807) is 13.0 Å². The molecule has 8 rings (SSSR count). The zero-order valence-corrected chi connectivity index (χ0v) is 23.9. The number of piperidine rings is 2. The summed E-state index contributed by atoms with van der Waals surface area (Å²) in [6.45, 7) is 4.66. The van der Waals surface area contributed by atoms with E-state index in [1.807, 2.05) is 18.2 Å². The lowest BCUT2D eigenvalue weighted by molar-refractivity contribution is -0.0956. The third-order valence-electron chi connectivity index (χ3n) is 8.57. The third-order valence-corrected chi connectivity index (χ3v) is 10.3. The highest BCUT2D eigenvalue weighted by Gasteiger charge is 2.48. The topological polar surface area (TPSA) is 54.8 Å². The van der Waals surface area contributed by atoms with Gasteiger partial charge in [0.25, 0.3) is 0 Å². The summed E-state index contributed by atoms with van der Waals surface area (Å²) >= 11 is 14.6. The summed E-state index contributed by atoms with van der Waals surface area (Å²) in [5.41, 5.74) is 5.00. The molecule has 0 spiro atoms. The Morgan fingerprint density at radius 1 is 1.18 bits per heavy atom. The molecule has 9 heteroatoms. The van der Waals surface area contributed by atoms with E-state index in [1.165, 1.54) is 35.8 Å². The number of carbonyl (C=O) groups is 1. The van der Waals surface area contributed by atoms with Gasteiger partial charge < -0.3 is 9.64 Å². The van der Waals surface area contributed by atoms with Gasteiger partial charge in [0.2, 0.25) is 0 Å². The van der Waals surface area contributed by atoms with E-state index >= 15 is 0 Å². The highest BCUT2D eigenvalue weighted by atomic mass is 35.5. The smallest absolute Gasteiger partial charge is 0.186 e. The first-order valence-electron chi connectivity index (χ1n) is 13.6. The number of fused-ring (bicyclic) bond motifs is 3. The van der Waals surface area contributed by atoms with E-state index in [2.05, 4.69) is 9.88 Å². The minimum absolute atomic E-state index is 0.0582. The summed E-state index contributed by atoms with van der Waals surface area (Å²) in [5, 5.41) is 2.05. The van der Waals surface area contributed by atoms with Crippen molar-refractivity contribution < 1.29 is 13.9 Å². The zero-order valence-electron chi connectivity index (χ0n) is 21.6. The van der Waals surface area contributed by atoms with E-state index in [0.717, 1.165) is 46.2 Å². The van der Waals surface area contributed by atoms with Crippen LogP contribution in [0, 0.1) is 23.6 Å². The number of hydrogen-bond donors (Lipinski definition) is 0. The first kappa shape index (κ1) is 25.6. The number of benzene rings is 2. The Labute approximate surface area is 240 Å². The maximum absolute atomic E-state index is 14.7. The summed E-state index contributed by atoms with van der Waals surface area (Å²) in [4.78, 5) is 23.9. The van der Waals surface area contributed by atoms with Gasteiger partial charge in [-0.1, -0.05) is 47.5 Å². The molecule has 202 valence electrons. The number of nitrogens with zero attached hydrogens (tertiary/aromatic N) is 3. The molecule has 2 bridgehead atoms. The van der Waals surface area contributed by atoms with Gasteiger partial charge in [-0.05, 0) is 55.0 Å². The fourth-order valence-electron chi connectivity index (χ4n) is 6.36. The number of rotatable bonds is 8. The normalized spacial score (nSPS) is 24.4. The first-order chi connectivity index (χ1) is 18.9. The predicted octanol–water partition coefficient (Wildman–Crippen LogP) is 7.39. The number of thiazole rings is 1. The quantitative estimate of drug-likeness (QED) is 0.259. The maximum Gasteiger partial charge on any atom is 0.186 e. The number of Topliss-reactive ketones (excluding diaryl/α,β-unsaturated/α-hetero) is 1. The van der Waals surface area contributed by atoms with Gasteiger partial charge in [-0.15, -0.1) is 0 Å². The molecule has 1 aromatic heterocycles. The Morgan fingerprint density at radius 2 is 1.92 bits per heavy atom. The van der Waals surface area contributed by atoms with Gasteiger partial charge in [-0.3, -0.25) is 9.79 Å².